The molecule has 0 fully saturated rings. The molecular weight excluding hydrogens is 172 g/mol. The quantitative estimate of drug-likeness (QED) is 0.739. The molecule has 0 saturated carbocycles. The Morgan fingerprint density at radius 1 is 1.54 bits per heavy atom. The van der Waals surface area contributed by atoms with Crippen LogP contribution in [0.15, 0.2) is 6.07 Å². The van der Waals surface area contributed by atoms with Crippen LogP contribution in [-0.2, 0) is 4.79 Å². The minimum atomic E-state index is -1.02. The summed E-state index contributed by atoms with van der Waals surface area (Å²) in [5, 5.41) is 8.34. The van der Waals surface area contributed by atoms with Gasteiger partial charge in [0.1, 0.15) is 5.82 Å². The minimum Gasteiger partial charge on any atom is -0.479 e. The number of hydrogen-bond acceptors (Lipinski definition) is 4. The van der Waals surface area contributed by atoms with Crippen LogP contribution in [0.5, 0.6) is 5.88 Å². The van der Waals surface area contributed by atoms with Gasteiger partial charge >= 0.3 is 5.97 Å². The molecule has 1 heterocycles. The summed E-state index contributed by atoms with van der Waals surface area (Å²) in [4.78, 5) is 18.1. The van der Waals surface area contributed by atoms with Crippen molar-refractivity contribution in [1.82, 2.24) is 9.97 Å². The lowest BCUT2D eigenvalue weighted by molar-refractivity contribution is -0.139. The van der Waals surface area contributed by atoms with Gasteiger partial charge in [0.05, 0.1) is 0 Å². The van der Waals surface area contributed by atoms with Gasteiger partial charge in [-0.25, -0.2) is 9.78 Å². The van der Waals surface area contributed by atoms with E-state index in [1.165, 1.54) is 0 Å². The van der Waals surface area contributed by atoms with Gasteiger partial charge in [-0.15, -0.1) is 0 Å². The molecular formula is C8H10N2O3. The lowest BCUT2D eigenvalue weighted by Crippen LogP contribution is -2.10. The Labute approximate surface area is 75.4 Å². The molecule has 13 heavy (non-hydrogen) atoms. The Hall–Kier alpha value is -1.65. The molecule has 0 radical (unpaired) electrons. The fraction of sp³-hybridized carbons (Fsp3) is 0.375. The molecule has 0 bridgehead atoms. The van der Waals surface area contributed by atoms with Crippen LogP contribution in [0.3, 0.4) is 0 Å². The highest BCUT2D eigenvalue weighted by atomic mass is 16.5. The summed E-state index contributed by atoms with van der Waals surface area (Å²) in [6.45, 7) is 3.14. The topological polar surface area (TPSA) is 72.3 Å². The van der Waals surface area contributed by atoms with Gasteiger partial charge in [-0.3, -0.25) is 0 Å². The van der Waals surface area contributed by atoms with Gasteiger partial charge in [-0.05, 0) is 13.8 Å². The second-order valence-corrected chi connectivity index (χ2v) is 2.58. The Bertz CT molecular complexity index is 305. The summed E-state index contributed by atoms with van der Waals surface area (Å²) < 4.78 is 4.88. The summed E-state index contributed by atoms with van der Waals surface area (Å²) in [6.07, 6.45) is 0. The Morgan fingerprint density at radius 2 is 2.23 bits per heavy atom. The lowest BCUT2D eigenvalue weighted by Gasteiger charge is -2.03. The second kappa shape index (κ2) is 3.84. The molecule has 0 aliphatic heterocycles. The van der Waals surface area contributed by atoms with Gasteiger partial charge in [-0.2, -0.15) is 4.98 Å². The maximum Gasteiger partial charge on any atom is 0.341 e. The van der Waals surface area contributed by atoms with Crippen LogP contribution in [0.4, 0.5) is 0 Å². The van der Waals surface area contributed by atoms with E-state index in [4.69, 9.17) is 9.84 Å². The van der Waals surface area contributed by atoms with Crippen molar-refractivity contribution >= 4 is 5.97 Å². The van der Waals surface area contributed by atoms with Crippen LogP contribution in [0, 0.1) is 13.8 Å². The number of aryl methyl sites for hydroxylation is 2. The highest BCUT2D eigenvalue weighted by molar-refractivity contribution is 5.68. The highest BCUT2D eigenvalue weighted by Crippen LogP contribution is 2.07. The van der Waals surface area contributed by atoms with Crippen molar-refractivity contribution < 1.29 is 14.6 Å². The van der Waals surface area contributed by atoms with Gasteiger partial charge < -0.3 is 9.84 Å². The zero-order valence-corrected chi connectivity index (χ0v) is 7.44. The van der Waals surface area contributed by atoms with Gasteiger partial charge in [0.2, 0.25) is 5.88 Å². The third-order valence-electron chi connectivity index (χ3n) is 1.29. The number of carboxylic acid groups (broad SMARTS) is 1. The molecule has 1 aromatic heterocycles. The van der Waals surface area contributed by atoms with Crippen molar-refractivity contribution in [2.24, 2.45) is 0 Å². The number of rotatable bonds is 3. The maximum absolute atomic E-state index is 10.2. The number of carbonyl (C=O) groups is 1. The standard InChI is InChI=1S/C8H10N2O3/c1-5-3-7(10-6(2)9-5)13-4-8(11)12/h3H,4H2,1-2H3,(H,11,12). The SMILES string of the molecule is Cc1cc(OCC(=O)O)nc(C)n1. The van der Waals surface area contributed by atoms with Gasteiger partial charge in [0.25, 0.3) is 0 Å². The van der Waals surface area contributed by atoms with E-state index in [1.54, 1.807) is 19.9 Å². The van der Waals surface area contributed by atoms with Gasteiger partial charge in [0.15, 0.2) is 6.61 Å². The van der Waals surface area contributed by atoms with Crippen molar-refractivity contribution in [2.75, 3.05) is 6.61 Å². The second-order valence-electron chi connectivity index (χ2n) is 2.58. The smallest absolute Gasteiger partial charge is 0.341 e. The number of aromatic nitrogens is 2. The van der Waals surface area contributed by atoms with Crippen LogP contribution < -0.4 is 4.74 Å². The summed E-state index contributed by atoms with van der Waals surface area (Å²) in [5.74, 6) is -0.151. The Kier molecular flexibility index (Phi) is 2.79. The van der Waals surface area contributed by atoms with E-state index in [9.17, 15) is 4.79 Å². The van der Waals surface area contributed by atoms with E-state index in [1.807, 2.05) is 0 Å². The average molecular weight is 182 g/mol. The molecule has 0 saturated heterocycles. The van der Waals surface area contributed by atoms with Gasteiger partial charge in [0, 0.05) is 11.8 Å². The Balaban J connectivity index is 2.71. The summed E-state index contributed by atoms with van der Waals surface area (Å²) >= 11 is 0. The first-order valence-electron chi connectivity index (χ1n) is 3.75. The van der Waals surface area contributed by atoms with E-state index < -0.39 is 5.97 Å². The number of carboxylic acids is 1. The molecule has 1 aromatic rings. The van der Waals surface area contributed by atoms with Crippen molar-refractivity contribution in [3.63, 3.8) is 0 Å². The zero-order valence-electron chi connectivity index (χ0n) is 7.44. The van der Waals surface area contributed by atoms with Crippen molar-refractivity contribution in [3.8, 4) is 5.88 Å². The van der Waals surface area contributed by atoms with E-state index >= 15 is 0 Å². The maximum atomic E-state index is 10.2. The van der Waals surface area contributed by atoms with Crippen LogP contribution in [0.2, 0.25) is 0 Å². The molecule has 0 aliphatic carbocycles. The predicted molar refractivity (Wildman–Crippen MR) is 44.6 cm³/mol. The first-order valence-corrected chi connectivity index (χ1v) is 3.75. The van der Waals surface area contributed by atoms with Crippen LogP contribution in [0.1, 0.15) is 11.5 Å². The summed E-state index contributed by atoms with van der Waals surface area (Å²) in [6, 6.07) is 1.59. The number of hydrogen-bond donors (Lipinski definition) is 1. The predicted octanol–water partition coefficient (Wildman–Crippen LogP) is 0.557. The van der Waals surface area contributed by atoms with Crippen molar-refractivity contribution in [1.29, 1.82) is 0 Å². The molecule has 0 spiro atoms. The molecule has 0 aliphatic rings. The average Bonchev–Trinajstić information content (AvgIpc) is 1.99. The molecule has 5 nitrogen and oxygen atoms in total. The van der Waals surface area contributed by atoms with E-state index in [-0.39, 0.29) is 6.61 Å². The number of ether oxygens (including phenoxy) is 1. The fourth-order valence-electron chi connectivity index (χ4n) is 0.893. The fourth-order valence-corrected chi connectivity index (χ4v) is 0.893. The normalized spacial score (nSPS) is 9.69. The number of nitrogens with zero attached hydrogens (tertiary/aromatic N) is 2. The highest BCUT2D eigenvalue weighted by Gasteiger charge is 2.02. The zero-order chi connectivity index (χ0) is 9.84. The Morgan fingerprint density at radius 3 is 2.77 bits per heavy atom. The minimum absolute atomic E-state index is 0.299. The number of aliphatic carboxylic acids is 1. The summed E-state index contributed by atoms with van der Waals surface area (Å²) in [7, 11) is 0. The molecule has 70 valence electrons. The van der Waals surface area contributed by atoms with E-state index in [0.29, 0.717) is 11.7 Å². The molecule has 0 unspecified atom stereocenters. The third kappa shape index (κ3) is 3.06. The van der Waals surface area contributed by atoms with E-state index in [0.717, 1.165) is 5.69 Å². The van der Waals surface area contributed by atoms with Crippen LogP contribution >= 0.6 is 0 Å². The molecule has 0 amide bonds. The first kappa shape index (κ1) is 9.44. The molecule has 5 heteroatoms. The van der Waals surface area contributed by atoms with Crippen molar-refractivity contribution in [2.45, 2.75) is 13.8 Å². The largest absolute Gasteiger partial charge is 0.479 e. The molecule has 1 rings (SSSR count). The van der Waals surface area contributed by atoms with Crippen LogP contribution in [-0.4, -0.2) is 27.7 Å². The monoisotopic (exact) mass is 182 g/mol. The third-order valence-corrected chi connectivity index (χ3v) is 1.29. The van der Waals surface area contributed by atoms with Crippen molar-refractivity contribution in [3.05, 3.63) is 17.6 Å². The molecule has 0 atom stereocenters. The van der Waals surface area contributed by atoms with E-state index in [2.05, 4.69) is 9.97 Å². The first-order chi connectivity index (χ1) is 6.08. The molecule has 1 N–H and O–H groups in total. The van der Waals surface area contributed by atoms with Gasteiger partial charge in [-0.1, -0.05) is 0 Å². The molecule has 0 aromatic carbocycles. The lowest BCUT2D eigenvalue weighted by atomic mass is 10.4. The summed E-state index contributed by atoms with van der Waals surface area (Å²) in [5.41, 5.74) is 0.757. The van der Waals surface area contributed by atoms with Crippen LogP contribution in [0.25, 0.3) is 0 Å².